The first kappa shape index (κ1) is 15.5. The monoisotopic (exact) mass is 383 g/mol. The van der Waals surface area contributed by atoms with E-state index in [1.54, 1.807) is 12.1 Å². The maximum atomic E-state index is 11.9. The second-order valence-electron chi connectivity index (χ2n) is 3.74. The first-order chi connectivity index (χ1) is 8.49. The van der Waals surface area contributed by atoms with Crippen LogP contribution in [-0.2, 0) is 0 Å². The molecule has 0 aliphatic heterocycles. The molecule has 1 amide bonds. The number of amides is 1. The Labute approximate surface area is 125 Å². The average Bonchev–Trinajstić information content (AvgIpc) is 2.37. The van der Waals surface area contributed by atoms with Gasteiger partial charge in [-0.3, -0.25) is 4.79 Å². The lowest BCUT2D eigenvalue weighted by Crippen LogP contribution is -2.32. The second-order valence-corrected chi connectivity index (χ2v) is 5.31. The van der Waals surface area contributed by atoms with Gasteiger partial charge in [0.25, 0.3) is 5.91 Å². The summed E-state index contributed by atoms with van der Waals surface area (Å²) < 4.78 is 5.96. The molecule has 0 aliphatic rings. The Morgan fingerprint density at radius 3 is 2.83 bits per heavy atom. The molecule has 0 spiro atoms. The van der Waals surface area contributed by atoms with Gasteiger partial charge in [-0.15, -0.1) is 0 Å². The molecule has 0 radical (unpaired) electrons. The number of halogens is 2. The van der Waals surface area contributed by atoms with Crippen LogP contribution in [0.5, 0.6) is 5.75 Å². The summed E-state index contributed by atoms with van der Waals surface area (Å²) in [6.07, 6.45) is 0.0458. The van der Waals surface area contributed by atoms with Crippen LogP contribution in [0.25, 0.3) is 0 Å². The first-order valence-electron chi connectivity index (χ1n) is 5.48. The van der Waals surface area contributed by atoms with Crippen molar-refractivity contribution in [2.24, 2.45) is 0 Å². The lowest BCUT2D eigenvalue weighted by atomic mass is 10.2. The highest BCUT2D eigenvalue weighted by atomic mass is 127. The minimum absolute atomic E-state index is 0.210. The molecule has 0 bridgehead atoms. The van der Waals surface area contributed by atoms with Crippen molar-refractivity contribution >= 4 is 40.1 Å². The fraction of sp³-hybridized carbons (Fsp3) is 0.417. The molecule has 1 unspecified atom stereocenters. The average molecular weight is 384 g/mol. The van der Waals surface area contributed by atoms with E-state index in [0.29, 0.717) is 22.8 Å². The number of nitrogens with one attached hydrogen (secondary N) is 1. The van der Waals surface area contributed by atoms with Crippen LogP contribution in [-0.4, -0.2) is 30.8 Å². The van der Waals surface area contributed by atoms with E-state index in [9.17, 15) is 9.90 Å². The van der Waals surface area contributed by atoms with Crippen LogP contribution in [0.15, 0.2) is 12.1 Å². The molecule has 1 aromatic rings. The fourth-order valence-corrected chi connectivity index (χ4v) is 1.93. The maximum Gasteiger partial charge on any atom is 0.255 e. The molecule has 18 heavy (non-hydrogen) atoms. The summed E-state index contributed by atoms with van der Waals surface area (Å²) >= 11 is 8.05. The van der Waals surface area contributed by atoms with E-state index < -0.39 is 6.10 Å². The number of benzene rings is 1. The molecule has 100 valence electrons. The number of carbonyl (C=O) groups is 1. The molecule has 0 heterocycles. The van der Waals surface area contributed by atoms with Crippen LogP contribution in [0.1, 0.15) is 23.7 Å². The van der Waals surface area contributed by atoms with Crippen LogP contribution < -0.4 is 10.1 Å². The van der Waals surface area contributed by atoms with E-state index in [2.05, 4.69) is 27.9 Å². The third kappa shape index (κ3) is 4.00. The number of ether oxygens (including phenoxy) is 1. The summed E-state index contributed by atoms with van der Waals surface area (Å²) in [5, 5.41) is 12.5. The van der Waals surface area contributed by atoms with Gasteiger partial charge in [0.05, 0.1) is 23.8 Å². The van der Waals surface area contributed by atoms with E-state index in [0.717, 1.165) is 3.57 Å². The minimum Gasteiger partial charge on any atom is -0.496 e. The molecule has 0 saturated heterocycles. The molecular formula is C12H15ClINO3. The predicted octanol–water partition coefficient (Wildman–Crippen LogP) is 2.45. The Hall–Kier alpha value is -0.530. The second kappa shape index (κ2) is 7.16. The lowest BCUT2D eigenvalue weighted by molar-refractivity contribution is 0.0911. The smallest absolute Gasteiger partial charge is 0.255 e. The van der Waals surface area contributed by atoms with Gasteiger partial charge < -0.3 is 15.2 Å². The zero-order valence-corrected chi connectivity index (χ0v) is 13.1. The van der Waals surface area contributed by atoms with Crippen LogP contribution >= 0.6 is 34.2 Å². The highest BCUT2D eigenvalue weighted by Gasteiger charge is 2.15. The summed E-state index contributed by atoms with van der Waals surface area (Å²) in [4.78, 5) is 11.9. The summed E-state index contributed by atoms with van der Waals surface area (Å²) in [6.45, 7) is 2.06. The minimum atomic E-state index is -0.542. The Balaban J connectivity index is 2.87. The molecule has 0 aromatic heterocycles. The molecule has 6 heteroatoms. The van der Waals surface area contributed by atoms with Crippen molar-refractivity contribution < 1.29 is 14.6 Å². The molecule has 4 nitrogen and oxygen atoms in total. The topological polar surface area (TPSA) is 58.6 Å². The summed E-state index contributed by atoms with van der Waals surface area (Å²) in [7, 11) is 1.50. The van der Waals surface area contributed by atoms with Gasteiger partial charge >= 0.3 is 0 Å². The molecule has 2 N–H and O–H groups in total. The van der Waals surface area contributed by atoms with Crippen LogP contribution in [0.3, 0.4) is 0 Å². The van der Waals surface area contributed by atoms with Crippen LogP contribution in [0.4, 0.5) is 0 Å². The fourth-order valence-electron chi connectivity index (χ4n) is 1.32. The van der Waals surface area contributed by atoms with E-state index in [-0.39, 0.29) is 12.5 Å². The van der Waals surface area contributed by atoms with Crippen molar-refractivity contribution in [1.82, 2.24) is 5.32 Å². The van der Waals surface area contributed by atoms with Crippen molar-refractivity contribution in [1.29, 1.82) is 0 Å². The molecule has 0 saturated carbocycles. The Morgan fingerprint density at radius 2 is 2.28 bits per heavy atom. The summed E-state index contributed by atoms with van der Waals surface area (Å²) in [5.74, 6) is 0.157. The molecule has 1 aromatic carbocycles. The number of carbonyl (C=O) groups excluding carboxylic acids is 1. The normalized spacial score (nSPS) is 12.1. The predicted molar refractivity (Wildman–Crippen MR) is 79.4 cm³/mol. The van der Waals surface area contributed by atoms with E-state index in [1.807, 2.05) is 6.92 Å². The van der Waals surface area contributed by atoms with E-state index >= 15 is 0 Å². The zero-order chi connectivity index (χ0) is 13.7. The van der Waals surface area contributed by atoms with Crippen LogP contribution in [0, 0.1) is 3.57 Å². The van der Waals surface area contributed by atoms with Crippen molar-refractivity contribution in [2.45, 2.75) is 19.4 Å². The standard InChI is InChI=1S/C12H15ClINO3/c1-3-7(16)6-15-12(17)8-4-9(13)10(14)5-11(8)18-2/h4-5,7,16H,3,6H2,1-2H3,(H,15,17). The van der Waals surface area contributed by atoms with Gasteiger partial charge in [-0.1, -0.05) is 18.5 Å². The number of aliphatic hydroxyl groups excluding tert-OH is 1. The summed E-state index contributed by atoms with van der Waals surface area (Å²) in [5.41, 5.74) is 0.367. The van der Waals surface area contributed by atoms with Crippen molar-refractivity contribution in [3.05, 3.63) is 26.3 Å². The molecule has 0 fully saturated rings. The zero-order valence-electron chi connectivity index (χ0n) is 10.2. The van der Waals surface area contributed by atoms with Crippen molar-refractivity contribution in [3.8, 4) is 5.75 Å². The first-order valence-corrected chi connectivity index (χ1v) is 6.94. The SMILES string of the molecule is CCC(O)CNC(=O)c1cc(Cl)c(I)cc1OC. The number of hydrogen-bond donors (Lipinski definition) is 2. The molecule has 1 rings (SSSR count). The third-order valence-corrected chi connectivity index (χ3v) is 3.98. The van der Waals surface area contributed by atoms with E-state index in [4.69, 9.17) is 16.3 Å². The lowest BCUT2D eigenvalue weighted by Gasteiger charge is -2.12. The van der Waals surface area contributed by atoms with Gasteiger partial charge in [0.15, 0.2) is 0 Å². The Morgan fingerprint density at radius 1 is 1.61 bits per heavy atom. The summed E-state index contributed by atoms with van der Waals surface area (Å²) in [6, 6.07) is 3.27. The largest absolute Gasteiger partial charge is 0.496 e. The molecule has 1 atom stereocenters. The van der Waals surface area contributed by atoms with Gasteiger partial charge in [0.1, 0.15) is 5.75 Å². The number of aliphatic hydroxyl groups is 1. The van der Waals surface area contributed by atoms with Crippen molar-refractivity contribution in [2.75, 3.05) is 13.7 Å². The number of methoxy groups -OCH3 is 1. The van der Waals surface area contributed by atoms with Gasteiger partial charge in [-0.2, -0.15) is 0 Å². The molecular weight excluding hydrogens is 368 g/mol. The van der Waals surface area contributed by atoms with Crippen LogP contribution in [0.2, 0.25) is 5.02 Å². The van der Waals surface area contributed by atoms with Gasteiger partial charge in [-0.25, -0.2) is 0 Å². The third-order valence-electron chi connectivity index (χ3n) is 2.46. The van der Waals surface area contributed by atoms with Crippen molar-refractivity contribution in [3.63, 3.8) is 0 Å². The Kier molecular flexibility index (Phi) is 6.17. The maximum absolute atomic E-state index is 11.9. The van der Waals surface area contributed by atoms with E-state index in [1.165, 1.54) is 7.11 Å². The highest BCUT2D eigenvalue weighted by Crippen LogP contribution is 2.28. The molecule has 0 aliphatic carbocycles. The number of rotatable bonds is 5. The van der Waals surface area contributed by atoms with Gasteiger partial charge in [-0.05, 0) is 41.1 Å². The Bertz CT molecular complexity index is 440. The van der Waals surface area contributed by atoms with Gasteiger partial charge in [0.2, 0.25) is 0 Å². The van der Waals surface area contributed by atoms with Gasteiger partial charge in [0, 0.05) is 10.1 Å². The quantitative estimate of drug-likeness (QED) is 0.768. The number of hydrogen-bond acceptors (Lipinski definition) is 3. The highest BCUT2D eigenvalue weighted by molar-refractivity contribution is 14.1.